The van der Waals surface area contributed by atoms with Crippen LogP contribution in [0, 0.1) is 0 Å². The van der Waals surface area contributed by atoms with Crippen LogP contribution < -0.4 is 5.32 Å². The number of hydrogen-bond acceptors (Lipinski definition) is 5. The topological polar surface area (TPSA) is 72.7 Å². The molecule has 2 heterocycles. The van der Waals surface area contributed by atoms with Gasteiger partial charge in [0.1, 0.15) is 5.15 Å². The Hall–Kier alpha value is -3.37. The Morgan fingerprint density at radius 1 is 1.00 bits per heavy atom. The van der Waals surface area contributed by atoms with Crippen molar-refractivity contribution in [2.45, 2.75) is 37.5 Å². The summed E-state index contributed by atoms with van der Waals surface area (Å²) in [7, 11) is 0. The second-order valence-corrected chi connectivity index (χ2v) is 10.6. The molecule has 1 amide bonds. The third kappa shape index (κ3) is 6.50. The van der Waals surface area contributed by atoms with E-state index in [0.29, 0.717) is 11.3 Å². The zero-order valence-electron chi connectivity index (χ0n) is 20.2. The van der Waals surface area contributed by atoms with Crippen molar-refractivity contribution >= 4 is 35.0 Å². The predicted octanol–water partition coefficient (Wildman–Crippen LogP) is 7.03. The first-order chi connectivity index (χ1) is 17.4. The van der Waals surface area contributed by atoms with E-state index in [-0.39, 0.29) is 38.9 Å². The minimum Gasteiger partial charge on any atom is -0.325 e. The number of thioether (sulfide) groups is 1. The number of anilines is 1. The molecule has 0 bridgehead atoms. The smallest absolute Gasteiger partial charge is 0.325 e. The molecule has 4 aromatic rings. The number of alkyl halides is 3. The second-order valence-electron chi connectivity index (χ2n) is 9.22. The van der Waals surface area contributed by atoms with Gasteiger partial charge in [-0.15, -0.1) is 10.2 Å². The van der Waals surface area contributed by atoms with Crippen LogP contribution in [0.5, 0.6) is 0 Å². The van der Waals surface area contributed by atoms with Gasteiger partial charge in [-0.05, 0) is 53.4 Å². The monoisotopic (exact) mass is 545 g/mol. The van der Waals surface area contributed by atoms with Crippen molar-refractivity contribution in [2.24, 2.45) is 0 Å². The van der Waals surface area contributed by atoms with Crippen LogP contribution in [0.2, 0.25) is 5.15 Å². The molecule has 0 saturated carbocycles. The van der Waals surface area contributed by atoms with Crippen LogP contribution in [0.4, 0.5) is 18.9 Å². The van der Waals surface area contributed by atoms with Gasteiger partial charge in [0.15, 0.2) is 11.0 Å². The zero-order valence-corrected chi connectivity index (χ0v) is 21.7. The first kappa shape index (κ1) is 26.7. The van der Waals surface area contributed by atoms with Crippen molar-refractivity contribution in [3.05, 3.63) is 83.1 Å². The average molecular weight is 546 g/mol. The molecule has 4 rings (SSSR count). The van der Waals surface area contributed by atoms with Crippen LogP contribution in [-0.2, 0) is 16.4 Å². The van der Waals surface area contributed by atoms with E-state index < -0.39 is 11.7 Å². The predicted molar refractivity (Wildman–Crippen MR) is 139 cm³/mol. The van der Waals surface area contributed by atoms with Gasteiger partial charge in [0.2, 0.25) is 5.91 Å². The molecular weight excluding hydrogens is 523 g/mol. The van der Waals surface area contributed by atoms with Crippen molar-refractivity contribution in [1.82, 2.24) is 19.7 Å². The summed E-state index contributed by atoms with van der Waals surface area (Å²) in [5.41, 5.74) is 1.66. The number of carbonyl (C=O) groups is 1. The molecule has 0 unspecified atom stereocenters. The van der Waals surface area contributed by atoms with Crippen molar-refractivity contribution in [3.8, 4) is 17.1 Å². The standard InChI is InChI=1S/C26H23ClF3N5OS/c1-25(2,3)17-8-10-19(11-9-17)32-22(36)15-37-24-34-33-23(16-7-12-21(27)31-14-16)35(24)20-6-4-5-18(13-20)26(28,29)30/h4-14H,15H2,1-3H3,(H,32,36). The minimum atomic E-state index is -4.53. The van der Waals surface area contributed by atoms with E-state index in [2.05, 4.69) is 41.3 Å². The lowest BCUT2D eigenvalue weighted by Crippen LogP contribution is -2.15. The highest BCUT2D eigenvalue weighted by Crippen LogP contribution is 2.33. The Balaban J connectivity index is 1.60. The number of nitrogens with zero attached hydrogens (tertiary/aromatic N) is 4. The summed E-state index contributed by atoms with van der Waals surface area (Å²) in [5, 5.41) is 11.7. The van der Waals surface area contributed by atoms with Gasteiger partial charge in [-0.3, -0.25) is 9.36 Å². The molecule has 2 aromatic heterocycles. The van der Waals surface area contributed by atoms with Gasteiger partial charge in [-0.25, -0.2) is 4.98 Å². The fourth-order valence-electron chi connectivity index (χ4n) is 3.49. The van der Waals surface area contributed by atoms with Crippen LogP contribution in [0.3, 0.4) is 0 Å². The number of rotatable bonds is 6. The highest BCUT2D eigenvalue weighted by Gasteiger charge is 2.31. The Morgan fingerprint density at radius 3 is 2.35 bits per heavy atom. The quantitative estimate of drug-likeness (QED) is 0.208. The van der Waals surface area contributed by atoms with Crippen molar-refractivity contribution in [1.29, 1.82) is 0 Å². The molecule has 2 aromatic carbocycles. The van der Waals surface area contributed by atoms with Gasteiger partial charge in [0.05, 0.1) is 17.0 Å². The molecule has 0 aliphatic carbocycles. The van der Waals surface area contributed by atoms with E-state index >= 15 is 0 Å². The fourth-order valence-corrected chi connectivity index (χ4v) is 4.36. The Morgan fingerprint density at radius 2 is 1.73 bits per heavy atom. The molecule has 11 heteroatoms. The number of benzene rings is 2. The number of nitrogens with one attached hydrogen (secondary N) is 1. The highest BCUT2D eigenvalue weighted by molar-refractivity contribution is 7.99. The zero-order chi connectivity index (χ0) is 26.8. The maximum atomic E-state index is 13.4. The molecule has 0 aliphatic heterocycles. The molecule has 0 atom stereocenters. The molecule has 0 aliphatic rings. The van der Waals surface area contributed by atoms with Crippen molar-refractivity contribution < 1.29 is 18.0 Å². The molecule has 0 spiro atoms. The third-order valence-corrected chi connectivity index (χ3v) is 6.57. The Kier molecular flexibility index (Phi) is 7.61. The maximum absolute atomic E-state index is 13.4. The lowest BCUT2D eigenvalue weighted by molar-refractivity contribution is -0.137. The lowest BCUT2D eigenvalue weighted by Gasteiger charge is -2.19. The summed E-state index contributed by atoms with van der Waals surface area (Å²) in [6.07, 6.45) is -3.07. The number of amides is 1. The lowest BCUT2D eigenvalue weighted by atomic mass is 9.87. The van der Waals surface area contributed by atoms with E-state index in [4.69, 9.17) is 11.6 Å². The molecule has 192 valence electrons. The molecule has 0 fully saturated rings. The molecule has 37 heavy (non-hydrogen) atoms. The minimum absolute atomic E-state index is 0.0107. The number of halogens is 4. The molecule has 6 nitrogen and oxygen atoms in total. The summed E-state index contributed by atoms with van der Waals surface area (Å²) in [5.74, 6) is -0.0530. The van der Waals surface area contributed by atoms with Crippen LogP contribution in [0.25, 0.3) is 17.1 Å². The Bertz CT molecular complexity index is 1400. The van der Waals surface area contributed by atoms with E-state index in [9.17, 15) is 18.0 Å². The number of aromatic nitrogens is 4. The van der Waals surface area contributed by atoms with E-state index in [1.54, 1.807) is 12.1 Å². The van der Waals surface area contributed by atoms with Crippen LogP contribution in [0.1, 0.15) is 31.9 Å². The van der Waals surface area contributed by atoms with E-state index in [1.807, 2.05) is 24.3 Å². The molecule has 0 radical (unpaired) electrons. The molecular formula is C26H23ClF3N5OS. The maximum Gasteiger partial charge on any atom is 0.416 e. The Labute approximate surface area is 221 Å². The first-order valence-corrected chi connectivity index (χ1v) is 12.6. The highest BCUT2D eigenvalue weighted by atomic mass is 35.5. The number of pyridine rings is 1. The van der Waals surface area contributed by atoms with Gasteiger partial charge in [-0.2, -0.15) is 13.2 Å². The summed E-state index contributed by atoms with van der Waals surface area (Å²) < 4.78 is 41.7. The van der Waals surface area contributed by atoms with Crippen LogP contribution in [0.15, 0.2) is 72.0 Å². The van der Waals surface area contributed by atoms with Crippen molar-refractivity contribution in [2.75, 3.05) is 11.1 Å². The fraction of sp³-hybridized carbons (Fsp3) is 0.231. The number of carbonyl (C=O) groups excluding carboxylic acids is 1. The second kappa shape index (κ2) is 10.5. The summed E-state index contributed by atoms with van der Waals surface area (Å²) in [4.78, 5) is 16.7. The van der Waals surface area contributed by atoms with Crippen molar-refractivity contribution in [3.63, 3.8) is 0 Å². The largest absolute Gasteiger partial charge is 0.416 e. The van der Waals surface area contributed by atoms with Gasteiger partial charge in [0, 0.05) is 17.4 Å². The van der Waals surface area contributed by atoms with Crippen LogP contribution in [-0.4, -0.2) is 31.4 Å². The first-order valence-electron chi connectivity index (χ1n) is 11.2. The SMILES string of the molecule is CC(C)(C)c1ccc(NC(=O)CSc2nnc(-c3ccc(Cl)nc3)n2-c2cccc(C(F)(F)F)c2)cc1. The number of hydrogen-bond donors (Lipinski definition) is 1. The molecule has 0 saturated heterocycles. The summed E-state index contributed by atoms with van der Waals surface area (Å²) >= 11 is 6.94. The summed E-state index contributed by atoms with van der Waals surface area (Å²) in [6.45, 7) is 6.31. The third-order valence-electron chi connectivity index (χ3n) is 5.42. The van der Waals surface area contributed by atoms with Gasteiger partial charge >= 0.3 is 6.18 Å². The van der Waals surface area contributed by atoms with Gasteiger partial charge in [0.25, 0.3) is 0 Å². The van der Waals surface area contributed by atoms with Crippen LogP contribution >= 0.6 is 23.4 Å². The van der Waals surface area contributed by atoms with E-state index in [1.165, 1.54) is 22.9 Å². The van der Waals surface area contributed by atoms with E-state index in [0.717, 1.165) is 29.5 Å². The summed E-state index contributed by atoms with van der Waals surface area (Å²) in [6, 6.07) is 15.6. The molecule has 1 N–H and O–H groups in total. The van der Waals surface area contributed by atoms with Gasteiger partial charge in [-0.1, -0.05) is 62.3 Å². The average Bonchev–Trinajstić information content (AvgIpc) is 3.26. The normalized spacial score (nSPS) is 12.0. The van der Waals surface area contributed by atoms with Gasteiger partial charge < -0.3 is 5.32 Å².